The topological polar surface area (TPSA) is 95.6 Å². The number of carbonyl (C=O) groups excluding carboxylic acids is 2. The first-order chi connectivity index (χ1) is 13.8. The monoisotopic (exact) mass is 415 g/mol. The molecule has 154 valence electrons. The van der Waals surface area contributed by atoms with E-state index in [4.69, 9.17) is 0 Å². The first kappa shape index (κ1) is 22.3. The van der Waals surface area contributed by atoms with Crippen molar-refractivity contribution in [3.8, 4) is 0 Å². The van der Waals surface area contributed by atoms with Crippen molar-refractivity contribution in [3.63, 3.8) is 0 Å². The molecule has 8 heteroatoms. The minimum atomic E-state index is -3.50. The van der Waals surface area contributed by atoms with Gasteiger partial charge in [-0.1, -0.05) is 32.0 Å². The molecule has 2 N–H and O–H groups in total. The third kappa shape index (κ3) is 6.27. The molecule has 0 unspecified atom stereocenters. The lowest BCUT2D eigenvalue weighted by atomic mass is 10.2. The Bertz CT molecular complexity index is 995. The van der Waals surface area contributed by atoms with Gasteiger partial charge in [0.05, 0.1) is 4.90 Å². The Labute approximate surface area is 171 Å². The molecule has 29 heavy (non-hydrogen) atoms. The molecule has 0 atom stereocenters. The Morgan fingerprint density at radius 1 is 0.966 bits per heavy atom. The van der Waals surface area contributed by atoms with Crippen molar-refractivity contribution in [2.24, 2.45) is 0 Å². The highest BCUT2D eigenvalue weighted by atomic mass is 32.2. The van der Waals surface area contributed by atoms with Crippen molar-refractivity contribution in [1.29, 1.82) is 0 Å². The summed E-state index contributed by atoms with van der Waals surface area (Å²) in [6.45, 7) is 5.81. The van der Waals surface area contributed by atoms with Crippen molar-refractivity contribution in [2.45, 2.75) is 25.7 Å². The molecule has 0 spiro atoms. The van der Waals surface area contributed by atoms with E-state index in [1.165, 1.54) is 29.4 Å². The molecule has 0 fully saturated rings. The largest absolute Gasteiger partial charge is 0.326 e. The van der Waals surface area contributed by atoms with Gasteiger partial charge < -0.3 is 10.6 Å². The molecule has 0 aliphatic carbocycles. The fourth-order valence-electron chi connectivity index (χ4n) is 2.70. The van der Waals surface area contributed by atoms with E-state index in [0.29, 0.717) is 30.0 Å². The maximum atomic E-state index is 12.5. The minimum Gasteiger partial charge on any atom is -0.326 e. The summed E-state index contributed by atoms with van der Waals surface area (Å²) in [7, 11) is -3.50. The smallest absolute Gasteiger partial charge is 0.248 e. The number of hydrogen-bond acceptors (Lipinski definition) is 4. The summed E-state index contributed by atoms with van der Waals surface area (Å²) in [5, 5.41) is 5.36. The molecule has 0 aliphatic rings. The second kappa shape index (κ2) is 9.99. The average Bonchev–Trinajstić information content (AvgIpc) is 2.67. The Kier molecular flexibility index (Phi) is 7.69. The van der Waals surface area contributed by atoms with Crippen molar-refractivity contribution < 1.29 is 18.0 Å². The van der Waals surface area contributed by atoms with Crippen LogP contribution in [-0.4, -0.2) is 37.6 Å². The Hall–Kier alpha value is -2.97. The highest BCUT2D eigenvalue weighted by Crippen LogP contribution is 2.17. The van der Waals surface area contributed by atoms with Gasteiger partial charge in [0, 0.05) is 37.5 Å². The van der Waals surface area contributed by atoms with E-state index in [1.807, 2.05) is 0 Å². The maximum absolute atomic E-state index is 12.5. The average molecular weight is 416 g/mol. The predicted molar refractivity (Wildman–Crippen MR) is 115 cm³/mol. The van der Waals surface area contributed by atoms with Crippen LogP contribution in [0.1, 0.15) is 26.3 Å². The third-order valence-electron chi connectivity index (χ3n) is 4.10. The lowest BCUT2D eigenvalue weighted by Crippen LogP contribution is -2.30. The fraction of sp³-hybridized carbons (Fsp3) is 0.238. The van der Waals surface area contributed by atoms with Crippen molar-refractivity contribution >= 4 is 39.3 Å². The van der Waals surface area contributed by atoms with Crippen LogP contribution in [0.25, 0.3) is 6.08 Å². The molecule has 2 aromatic rings. The minimum absolute atomic E-state index is 0.195. The van der Waals surface area contributed by atoms with Gasteiger partial charge in [-0.2, -0.15) is 4.31 Å². The van der Waals surface area contributed by atoms with Crippen LogP contribution in [0.3, 0.4) is 0 Å². The fourth-order valence-corrected chi connectivity index (χ4v) is 4.16. The quantitative estimate of drug-likeness (QED) is 0.647. The van der Waals surface area contributed by atoms with Crippen LogP contribution in [0.5, 0.6) is 0 Å². The zero-order valence-corrected chi connectivity index (χ0v) is 17.5. The number of hydrogen-bond donors (Lipinski definition) is 2. The number of nitrogens with one attached hydrogen (secondary N) is 2. The van der Waals surface area contributed by atoms with Gasteiger partial charge >= 0.3 is 0 Å². The van der Waals surface area contributed by atoms with Gasteiger partial charge in [-0.3, -0.25) is 9.59 Å². The molecular formula is C21H25N3O4S. The summed E-state index contributed by atoms with van der Waals surface area (Å²) in [4.78, 5) is 23.5. The Balaban J connectivity index is 2.05. The van der Waals surface area contributed by atoms with E-state index in [-0.39, 0.29) is 16.7 Å². The third-order valence-corrected chi connectivity index (χ3v) is 6.17. The molecule has 2 rings (SSSR count). The Morgan fingerprint density at radius 3 is 2.10 bits per heavy atom. The van der Waals surface area contributed by atoms with E-state index < -0.39 is 10.0 Å². The zero-order valence-electron chi connectivity index (χ0n) is 16.7. The standard InChI is InChI=1S/C21H25N3O4S/c1-4-24(5-2)29(27,28)20-12-9-17(10-13-20)11-14-21(26)23-19-8-6-7-18(15-19)22-16(3)25/h6-15H,4-5H2,1-3H3,(H,22,25)(H,23,26). The number of rotatable bonds is 8. The summed E-state index contributed by atoms with van der Waals surface area (Å²) >= 11 is 0. The zero-order chi connectivity index (χ0) is 21.4. The Morgan fingerprint density at radius 2 is 1.55 bits per heavy atom. The van der Waals surface area contributed by atoms with Gasteiger partial charge in [-0.15, -0.1) is 0 Å². The molecule has 0 bridgehead atoms. The summed E-state index contributed by atoms with van der Waals surface area (Å²) < 4.78 is 26.4. The number of carbonyl (C=O) groups is 2. The molecule has 2 amide bonds. The number of anilines is 2. The second-order valence-corrected chi connectivity index (χ2v) is 8.18. The van der Waals surface area contributed by atoms with Crippen LogP contribution >= 0.6 is 0 Å². The first-order valence-corrected chi connectivity index (χ1v) is 10.7. The lowest BCUT2D eigenvalue weighted by molar-refractivity contribution is -0.114. The highest BCUT2D eigenvalue weighted by molar-refractivity contribution is 7.89. The van der Waals surface area contributed by atoms with E-state index in [1.54, 1.807) is 56.3 Å². The number of sulfonamides is 1. The number of benzene rings is 2. The summed E-state index contributed by atoms with van der Waals surface area (Å²) in [6, 6.07) is 13.2. The molecule has 7 nitrogen and oxygen atoms in total. The summed E-state index contributed by atoms with van der Waals surface area (Å²) in [5.41, 5.74) is 1.83. The lowest BCUT2D eigenvalue weighted by Gasteiger charge is -2.18. The molecule has 0 aromatic heterocycles. The van der Waals surface area contributed by atoms with E-state index in [0.717, 1.165) is 0 Å². The second-order valence-electron chi connectivity index (χ2n) is 6.24. The molecule has 2 aromatic carbocycles. The molecular weight excluding hydrogens is 390 g/mol. The summed E-state index contributed by atoms with van der Waals surface area (Å²) in [6.07, 6.45) is 2.96. The molecule has 0 saturated heterocycles. The van der Waals surface area contributed by atoms with Gasteiger partial charge in [0.2, 0.25) is 21.8 Å². The molecule has 0 aliphatic heterocycles. The van der Waals surface area contributed by atoms with Crippen molar-refractivity contribution in [1.82, 2.24) is 4.31 Å². The van der Waals surface area contributed by atoms with Crippen LogP contribution < -0.4 is 10.6 Å². The van der Waals surface area contributed by atoms with Crippen LogP contribution in [0.15, 0.2) is 59.5 Å². The van der Waals surface area contributed by atoms with Crippen LogP contribution in [-0.2, 0) is 19.6 Å². The van der Waals surface area contributed by atoms with Crippen LogP contribution in [0, 0.1) is 0 Å². The number of nitrogens with zero attached hydrogens (tertiary/aromatic N) is 1. The van der Waals surface area contributed by atoms with E-state index in [9.17, 15) is 18.0 Å². The first-order valence-electron chi connectivity index (χ1n) is 9.23. The van der Waals surface area contributed by atoms with Crippen LogP contribution in [0.4, 0.5) is 11.4 Å². The maximum Gasteiger partial charge on any atom is 0.248 e. The molecule has 0 radical (unpaired) electrons. The van der Waals surface area contributed by atoms with Gasteiger partial charge in [-0.05, 0) is 42.0 Å². The van der Waals surface area contributed by atoms with Gasteiger partial charge in [0.25, 0.3) is 0 Å². The SMILES string of the molecule is CCN(CC)S(=O)(=O)c1ccc(C=CC(=O)Nc2cccc(NC(C)=O)c2)cc1. The van der Waals surface area contributed by atoms with Gasteiger partial charge in [-0.25, -0.2) is 8.42 Å². The highest BCUT2D eigenvalue weighted by Gasteiger charge is 2.20. The summed E-state index contributed by atoms with van der Waals surface area (Å²) in [5.74, 6) is -0.537. The normalized spacial score (nSPS) is 11.6. The van der Waals surface area contributed by atoms with E-state index in [2.05, 4.69) is 10.6 Å². The molecule has 0 saturated carbocycles. The van der Waals surface area contributed by atoms with Crippen molar-refractivity contribution in [2.75, 3.05) is 23.7 Å². The predicted octanol–water partition coefficient (Wildman–Crippen LogP) is 3.33. The van der Waals surface area contributed by atoms with Gasteiger partial charge in [0.1, 0.15) is 0 Å². The van der Waals surface area contributed by atoms with E-state index >= 15 is 0 Å². The van der Waals surface area contributed by atoms with Gasteiger partial charge in [0.15, 0.2) is 0 Å². The number of amides is 2. The van der Waals surface area contributed by atoms with Crippen molar-refractivity contribution in [3.05, 3.63) is 60.2 Å². The van der Waals surface area contributed by atoms with Crippen LogP contribution in [0.2, 0.25) is 0 Å². The molecule has 0 heterocycles.